The van der Waals surface area contributed by atoms with Gasteiger partial charge in [0.2, 0.25) is 5.95 Å². The van der Waals surface area contributed by atoms with Crippen LogP contribution in [0.5, 0.6) is 0 Å². The first-order chi connectivity index (χ1) is 12.4. The SMILES string of the molecule is N#CC1(CN(C(=O)O)c2nc(-c3cc(F)ncc3Cl)cs2)CCOCC1. The zero-order chi connectivity index (χ0) is 18.7. The minimum atomic E-state index is -1.21. The van der Waals surface area contributed by atoms with E-state index in [2.05, 4.69) is 16.0 Å². The lowest BCUT2D eigenvalue weighted by Crippen LogP contribution is -2.43. The molecule has 7 nitrogen and oxygen atoms in total. The van der Waals surface area contributed by atoms with Crippen LogP contribution < -0.4 is 4.90 Å². The number of ether oxygens (including phenoxy) is 1. The van der Waals surface area contributed by atoms with Crippen molar-refractivity contribution < 1.29 is 19.0 Å². The lowest BCUT2D eigenvalue weighted by Gasteiger charge is -2.33. The summed E-state index contributed by atoms with van der Waals surface area (Å²) in [4.78, 5) is 20.5. The summed E-state index contributed by atoms with van der Waals surface area (Å²) in [6, 6.07) is 3.38. The van der Waals surface area contributed by atoms with Crippen LogP contribution in [0, 0.1) is 22.7 Å². The molecule has 0 aromatic carbocycles. The third-order valence-electron chi connectivity index (χ3n) is 4.20. The van der Waals surface area contributed by atoms with Crippen molar-refractivity contribution >= 4 is 34.2 Å². The van der Waals surface area contributed by atoms with Gasteiger partial charge in [0.1, 0.15) is 0 Å². The molecule has 0 atom stereocenters. The van der Waals surface area contributed by atoms with Crippen molar-refractivity contribution in [1.29, 1.82) is 5.26 Å². The highest BCUT2D eigenvalue weighted by atomic mass is 35.5. The van der Waals surface area contributed by atoms with Gasteiger partial charge in [-0.15, -0.1) is 11.3 Å². The van der Waals surface area contributed by atoms with Gasteiger partial charge < -0.3 is 9.84 Å². The lowest BCUT2D eigenvalue weighted by atomic mass is 9.81. The number of nitrogens with zero attached hydrogens (tertiary/aromatic N) is 4. The van der Waals surface area contributed by atoms with Gasteiger partial charge >= 0.3 is 6.09 Å². The Hall–Kier alpha value is -2.28. The number of amides is 1. The van der Waals surface area contributed by atoms with Crippen molar-refractivity contribution in [2.24, 2.45) is 5.41 Å². The fourth-order valence-corrected chi connectivity index (χ4v) is 3.73. The molecule has 1 aliphatic rings. The number of hydrogen-bond donors (Lipinski definition) is 1. The quantitative estimate of drug-likeness (QED) is 0.789. The Balaban J connectivity index is 1.90. The number of aromatic nitrogens is 2. The largest absolute Gasteiger partial charge is 0.465 e. The summed E-state index contributed by atoms with van der Waals surface area (Å²) in [7, 11) is 0. The predicted octanol–water partition coefficient (Wildman–Crippen LogP) is 3.80. The topological polar surface area (TPSA) is 99.3 Å². The molecule has 1 N–H and O–H groups in total. The number of anilines is 1. The van der Waals surface area contributed by atoms with Gasteiger partial charge in [0.25, 0.3) is 0 Å². The van der Waals surface area contributed by atoms with Crippen molar-refractivity contribution in [3.63, 3.8) is 0 Å². The van der Waals surface area contributed by atoms with Gasteiger partial charge in [-0.2, -0.15) is 9.65 Å². The van der Waals surface area contributed by atoms with Crippen LogP contribution in [0.3, 0.4) is 0 Å². The Morgan fingerprint density at radius 2 is 2.27 bits per heavy atom. The molecule has 0 unspecified atom stereocenters. The Morgan fingerprint density at radius 3 is 2.92 bits per heavy atom. The average Bonchev–Trinajstić information content (AvgIpc) is 3.12. The molecule has 136 valence electrons. The Labute approximate surface area is 157 Å². The molecule has 0 aliphatic carbocycles. The maximum atomic E-state index is 13.4. The number of carbonyl (C=O) groups is 1. The highest BCUT2D eigenvalue weighted by Gasteiger charge is 2.37. The number of pyridine rings is 1. The summed E-state index contributed by atoms with van der Waals surface area (Å²) >= 11 is 7.12. The standard InChI is InChI=1S/C16H14ClFN4O3S/c17-11-6-20-13(18)5-10(11)12-7-26-14(21-12)22(15(23)24)9-16(8-19)1-3-25-4-2-16/h5-7H,1-4,9H2,(H,23,24). The van der Waals surface area contributed by atoms with Crippen molar-refractivity contribution in [3.05, 3.63) is 28.6 Å². The second-order valence-corrected chi connectivity index (χ2v) is 7.12. The van der Waals surface area contributed by atoms with E-state index in [0.29, 0.717) is 37.3 Å². The smallest absolute Gasteiger partial charge is 0.413 e. The molecule has 3 rings (SSSR count). The monoisotopic (exact) mass is 396 g/mol. The molecule has 0 radical (unpaired) electrons. The molecule has 2 aromatic rings. The van der Waals surface area contributed by atoms with Crippen LogP contribution >= 0.6 is 22.9 Å². The van der Waals surface area contributed by atoms with Gasteiger partial charge in [0.15, 0.2) is 5.13 Å². The summed E-state index contributed by atoms with van der Waals surface area (Å²) in [6.45, 7) is 0.819. The molecule has 0 saturated carbocycles. The van der Waals surface area contributed by atoms with E-state index in [0.717, 1.165) is 22.3 Å². The van der Waals surface area contributed by atoms with Crippen LogP contribution in [-0.4, -0.2) is 40.9 Å². The zero-order valence-electron chi connectivity index (χ0n) is 13.5. The lowest BCUT2D eigenvalue weighted by molar-refractivity contribution is 0.0431. The highest BCUT2D eigenvalue weighted by molar-refractivity contribution is 7.14. The van der Waals surface area contributed by atoms with E-state index < -0.39 is 17.5 Å². The van der Waals surface area contributed by atoms with Gasteiger partial charge in [-0.1, -0.05) is 11.6 Å². The van der Waals surface area contributed by atoms with Crippen molar-refractivity contribution in [1.82, 2.24) is 9.97 Å². The Morgan fingerprint density at radius 1 is 1.54 bits per heavy atom. The normalized spacial score (nSPS) is 16.0. The molecule has 1 aliphatic heterocycles. The van der Waals surface area contributed by atoms with Crippen LogP contribution in [0.1, 0.15) is 12.8 Å². The summed E-state index contributed by atoms with van der Waals surface area (Å²) in [6.07, 6.45) is 0.867. The molecular weight excluding hydrogens is 383 g/mol. The van der Waals surface area contributed by atoms with Crippen LogP contribution in [0.4, 0.5) is 14.3 Å². The van der Waals surface area contributed by atoms with E-state index in [9.17, 15) is 19.6 Å². The van der Waals surface area contributed by atoms with E-state index >= 15 is 0 Å². The second kappa shape index (κ2) is 7.53. The summed E-state index contributed by atoms with van der Waals surface area (Å²) in [5.74, 6) is -0.709. The van der Waals surface area contributed by atoms with Crippen molar-refractivity contribution in [2.45, 2.75) is 12.8 Å². The minimum absolute atomic E-state index is 0.00636. The summed E-state index contributed by atoms with van der Waals surface area (Å²) in [5.41, 5.74) is -0.142. The molecule has 10 heteroatoms. The number of carboxylic acid groups (broad SMARTS) is 1. The molecule has 1 amide bonds. The predicted molar refractivity (Wildman–Crippen MR) is 93.8 cm³/mol. The molecule has 1 saturated heterocycles. The number of rotatable bonds is 4. The van der Waals surface area contributed by atoms with E-state index in [1.54, 1.807) is 5.38 Å². The van der Waals surface area contributed by atoms with E-state index in [4.69, 9.17) is 16.3 Å². The first-order valence-electron chi connectivity index (χ1n) is 7.70. The van der Waals surface area contributed by atoms with Gasteiger partial charge in [0, 0.05) is 36.4 Å². The van der Waals surface area contributed by atoms with E-state index in [1.165, 1.54) is 6.20 Å². The van der Waals surface area contributed by atoms with Crippen LogP contribution in [0.25, 0.3) is 11.3 Å². The number of nitriles is 1. The molecular formula is C16H14ClFN4O3S. The van der Waals surface area contributed by atoms with Crippen LogP contribution in [0.15, 0.2) is 17.6 Å². The molecule has 2 aromatic heterocycles. The highest BCUT2D eigenvalue weighted by Crippen LogP contribution is 2.36. The zero-order valence-corrected chi connectivity index (χ0v) is 15.1. The molecule has 0 bridgehead atoms. The summed E-state index contributed by atoms with van der Waals surface area (Å²) < 4.78 is 18.7. The van der Waals surface area contributed by atoms with Gasteiger partial charge in [0.05, 0.1) is 28.7 Å². The van der Waals surface area contributed by atoms with Gasteiger partial charge in [-0.05, 0) is 12.8 Å². The minimum Gasteiger partial charge on any atom is -0.465 e. The average molecular weight is 397 g/mol. The number of halogens is 2. The van der Waals surface area contributed by atoms with Crippen LogP contribution in [-0.2, 0) is 4.74 Å². The maximum absolute atomic E-state index is 13.4. The van der Waals surface area contributed by atoms with Crippen molar-refractivity contribution in [2.75, 3.05) is 24.7 Å². The first kappa shape index (κ1) is 18.5. The summed E-state index contributed by atoms with van der Waals surface area (Å²) in [5, 5.41) is 21.2. The fraction of sp³-hybridized carbons (Fsp3) is 0.375. The molecule has 0 spiro atoms. The Kier molecular flexibility index (Phi) is 5.36. The fourth-order valence-electron chi connectivity index (χ4n) is 2.71. The third kappa shape index (κ3) is 3.77. The van der Waals surface area contributed by atoms with Crippen LogP contribution in [0.2, 0.25) is 5.02 Å². The molecule has 1 fully saturated rings. The van der Waals surface area contributed by atoms with E-state index in [-0.39, 0.29) is 16.7 Å². The van der Waals surface area contributed by atoms with Gasteiger partial charge in [-0.3, -0.25) is 4.90 Å². The number of thiazole rings is 1. The van der Waals surface area contributed by atoms with E-state index in [1.807, 2.05) is 0 Å². The third-order valence-corrected chi connectivity index (χ3v) is 5.36. The second-order valence-electron chi connectivity index (χ2n) is 5.88. The number of hydrogen-bond acceptors (Lipinski definition) is 6. The maximum Gasteiger partial charge on any atom is 0.413 e. The van der Waals surface area contributed by atoms with Gasteiger partial charge in [-0.25, -0.2) is 14.8 Å². The molecule has 3 heterocycles. The Bertz CT molecular complexity index is 863. The first-order valence-corrected chi connectivity index (χ1v) is 8.96. The molecule has 26 heavy (non-hydrogen) atoms. The van der Waals surface area contributed by atoms with Crippen molar-refractivity contribution in [3.8, 4) is 17.3 Å².